The number of carbonyl (C=O) groups is 1. The van der Waals surface area contributed by atoms with Crippen LogP contribution < -0.4 is 5.56 Å². The molecule has 1 atom stereocenters. The third kappa shape index (κ3) is 4.30. The Labute approximate surface area is 156 Å². The largest absolute Gasteiger partial charge is 0.416 e. The van der Waals surface area contributed by atoms with Crippen molar-refractivity contribution < 1.29 is 22.4 Å². The summed E-state index contributed by atoms with van der Waals surface area (Å²) in [7, 11) is 0. The van der Waals surface area contributed by atoms with E-state index in [2.05, 4.69) is 15.0 Å². The number of nitrogens with one attached hydrogen (secondary N) is 1. The van der Waals surface area contributed by atoms with Crippen LogP contribution in [0.3, 0.4) is 0 Å². The van der Waals surface area contributed by atoms with E-state index in [1.807, 2.05) is 0 Å². The third-order valence-electron chi connectivity index (χ3n) is 4.10. The molecule has 9 heteroatoms. The molecule has 3 aromatic rings. The predicted molar refractivity (Wildman–Crippen MR) is 91.3 cm³/mol. The third-order valence-corrected chi connectivity index (χ3v) is 4.10. The van der Waals surface area contributed by atoms with Gasteiger partial charge in [0, 0.05) is 24.7 Å². The van der Waals surface area contributed by atoms with Gasteiger partial charge in [-0.3, -0.25) is 14.6 Å². The molecule has 3 rings (SSSR count). The first-order chi connectivity index (χ1) is 13.3. The number of H-pyrrole nitrogens is 1. The Morgan fingerprint density at radius 3 is 2.39 bits per heavy atom. The number of pyridine rings is 1. The van der Waals surface area contributed by atoms with Crippen LogP contribution in [0.25, 0.3) is 0 Å². The van der Waals surface area contributed by atoms with E-state index in [1.165, 1.54) is 24.4 Å². The van der Waals surface area contributed by atoms with Crippen LogP contribution in [0.2, 0.25) is 0 Å². The van der Waals surface area contributed by atoms with Gasteiger partial charge in [-0.1, -0.05) is 12.1 Å². The van der Waals surface area contributed by atoms with E-state index in [1.54, 1.807) is 0 Å². The van der Waals surface area contributed by atoms with Crippen molar-refractivity contribution in [1.29, 1.82) is 0 Å². The van der Waals surface area contributed by atoms with Crippen molar-refractivity contribution in [3.05, 3.63) is 93.7 Å². The van der Waals surface area contributed by atoms with Gasteiger partial charge in [-0.2, -0.15) is 13.2 Å². The van der Waals surface area contributed by atoms with Gasteiger partial charge in [0.2, 0.25) is 0 Å². The minimum atomic E-state index is -4.51. The summed E-state index contributed by atoms with van der Waals surface area (Å²) in [5.41, 5.74) is -1.17. The smallest absolute Gasteiger partial charge is 0.325 e. The zero-order chi connectivity index (χ0) is 20.3. The lowest BCUT2D eigenvalue weighted by molar-refractivity contribution is -0.137. The topological polar surface area (TPSA) is 75.7 Å². The van der Waals surface area contributed by atoms with E-state index in [0.717, 1.165) is 30.6 Å². The monoisotopic (exact) mass is 391 g/mol. The average molecular weight is 391 g/mol. The number of benzene rings is 1. The van der Waals surface area contributed by atoms with Gasteiger partial charge < -0.3 is 4.98 Å². The maximum atomic E-state index is 14.3. The van der Waals surface area contributed by atoms with E-state index < -0.39 is 34.8 Å². The second kappa shape index (κ2) is 7.71. The summed E-state index contributed by atoms with van der Waals surface area (Å²) in [5, 5.41) is 0. The molecule has 144 valence electrons. The van der Waals surface area contributed by atoms with Gasteiger partial charge in [-0.05, 0) is 29.8 Å². The molecule has 1 aromatic carbocycles. The highest BCUT2D eigenvalue weighted by molar-refractivity contribution is 5.94. The van der Waals surface area contributed by atoms with E-state index in [-0.39, 0.29) is 17.8 Å². The number of carbonyl (C=O) groups excluding carboxylic acids is 1. The molecule has 0 saturated heterocycles. The zero-order valence-corrected chi connectivity index (χ0v) is 14.2. The average Bonchev–Trinajstić information content (AvgIpc) is 2.66. The van der Waals surface area contributed by atoms with Gasteiger partial charge >= 0.3 is 6.18 Å². The van der Waals surface area contributed by atoms with Crippen LogP contribution >= 0.6 is 0 Å². The van der Waals surface area contributed by atoms with Gasteiger partial charge in [0.15, 0.2) is 5.78 Å². The van der Waals surface area contributed by atoms with Crippen molar-refractivity contribution in [3.63, 3.8) is 0 Å². The van der Waals surface area contributed by atoms with Gasteiger partial charge in [0.1, 0.15) is 11.5 Å². The molecular formula is C19H13F4N3O2. The molecule has 0 radical (unpaired) electrons. The summed E-state index contributed by atoms with van der Waals surface area (Å²) >= 11 is 0. The Morgan fingerprint density at radius 1 is 1.11 bits per heavy atom. The molecule has 5 nitrogen and oxygen atoms in total. The highest BCUT2D eigenvalue weighted by atomic mass is 19.4. The quantitative estimate of drug-likeness (QED) is 0.531. The predicted octanol–water partition coefficient (Wildman–Crippen LogP) is 3.73. The zero-order valence-electron chi connectivity index (χ0n) is 14.2. The normalized spacial score (nSPS) is 12.6. The number of aromatic amines is 1. The summed E-state index contributed by atoms with van der Waals surface area (Å²) in [6, 6.07) is 6.64. The molecule has 0 aliphatic carbocycles. The van der Waals surface area contributed by atoms with Crippen molar-refractivity contribution in [2.45, 2.75) is 18.5 Å². The van der Waals surface area contributed by atoms with Gasteiger partial charge in [-0.25, -0.2) is 9.37 Å². The van der Waals surface area contributed by atoms with Crippen molar-refractivity contribution in [2.75, 3.05) is 0 Å². The Bertz CT molecular complexity index is 1030. The number of halogens is 4. The number of hydrogen-bond donors (Lipinski definition) is 1. The van der Waals surface area contributed by atoms with Crippen LogP contribution in [0, 0.1) is 5.82 Å². The minimum Gasteiger partial charge on any atom is -0.325 e. The summed E-state index contributed by atoms with van der Waals surface area (Å²) in [6.45, 7) is 0. The molecule has 0 aliphatic rings. The Kier molecular flexibility index (Phi) is 5.34. The molecule has 0 unspecified atom stereocenters. The summed E-state index contributed by atoms with van der Waals surface area (Å²) in [4.78, 5) is 33.6. The number of nitrogens with zero attached hydrogens (tertiary/aromatic N) is 2. The number of alkyl halides is 3. The first-order valence-electron chi connectivity index (χ1n) is 8.11. The minimum absolute atomic E-state index is 0.0483. The molecule has 0 spiro atoms. The second-order valence-corrected chi connectivity index (χ2v) is 5.97. The highest BCUT2D eigenvalue weighted by Gasteiger charge is 2.31. The molecule has 2 aromatic heterocycles. The maximum Gasteiger partial charge on any atom is 0.416 e. The second-order valence-electron chi connectivity index (χ2n) is 5.97. The van der Waals surface area contributed by atoms with Crippen molar-refractivity contribution in [2.24, 2.45) is 0 Å². The van der Waals surface area contributed by atoms with Crippen molar-refractivity contribution in [1.82, 2.24) is 15.0 Å². The first kappa shape index (κ1) is 19.4. The molecule has 0 amide bonds. The van der Waals surface area contributed by atoms with Crippen molar-refractivity contribution >= 4 is 5.78 Å². The number of Topliss-reactive ketones (excluding diaryl/α,β-unsaturated/α-hetero) is 1. The highest BCUT2D eigenvalue weighted by Crippen LogP contribution is 2.33. The standard InChI is InChI=1S/C19H13F4N3O2/c20-14-2-1-7-24-18(14)13(8-16(27)15-9-26-17(28)10-25-15)11-3-5-12(6-4-11)19(21,22)23/h1-7,9-10,13H,8H2,(H,26,28)/t13-/m0/s1. The summed E-state index contributed by atoms with van der Waals surface area (Å²) in [6.07, 6.45) is -1.42. The number of rotatable bonds is 5. The first-order valence-corrected chi connectivity index (χ1v) is 8.11. The molecule has 0 fully saturated rings. The van der Waals surface area contributed by atoms with E-state index >= 15 is 0 Å². The van der Waals surface area contributed by atoms with Crippen LogP contribution in [-0.2, 0) is 6.18 Å². The van der Waals surface area contributed by atoms with E-state index in [4.69, 9.17) is 0 Å². The Morgan fingerprint density at radius 2 is 1.82 bits per heavy atom. The van der Waals surface area contributed by atoms with Gasteiger partial charge in [0.25, 0.3) is 5.56 Å². The van der Waals surface area contributed by atoms with Crippen LogP contribution in [0.5, 0.6) is 0 Å². The number of ketones is 1. The van der Waals surface area contributed by atoms with Crippen LogP contribution in [0.4, 0.5) is 17.6 Å². The lowest BCUT2D eigenvalue weighted by atomic mass is 9.88. The van der Waals surface area contributed by atoms with E-state index in [0.29, 0.717) is 5.56 Å². The van der Waals surface area contributed by atoms with Crippen LogP contribution in [-0.4, -0.2) is 20.7 Å². The molecule has 0 saturated carbocycles. The maximum absolute atomic E-state index is 14.3. The SMILES string of the molecule is O=C(C[C@@H](c1ccc(C(F)(F)F)cc1)c1ncccc1F)c1c[nH]c(=O)cn1. The lowest BCUT2D eigenvalue weighted by Gasteiger charge is -2.18. The van der Waals surface area contributed by atoms with Gasteiger partial charge in [-0.15, -0.1) is 0 Å². The summed E-state index contributed by atoms with van der Waals surface area (Å²) in [5.74, 6) is -2.13. The van der Waals surface area contributed by atoms with Gasteiger partial charge in [0.05, 0.1) is 17.5 Å². The molecule has 0 bridgehead atoms. The van der Waals surface area contributed by atoms with Crippen molar-refractivity contribution in [3.8, 4) is 0 Å². The summed E-state index contributed by atoms with van der Waals surface area (Å²) < 4.78 is 52.7. The molecule has 28 heavy (non-hydrogen) atoms. The lowest BCUT2D eigenvalue weighted by Crippen LogP contribution is -2.15. The molecule has 0 aliphatic heterocycles. The van der Waals surface area contributed by atoms with Crippen LogP contribution in [0.1, 0.15) is 39.6 Å². The Balaban J connectivity index is 1.98. The molecular weight excluding hydrogens is 378 g/mol. The number of aromatic nitrogens is 3. The Hall–Kier alpha value is -3.36. The fourth-order valence-electron chi connectivity index (χ4n) is 2.72. The fourth-order valence-corrected chi connectivity index (χ4v) is 2.72. The molecule has 1 N–H and O–H groups in total. The molecule has 2 heterocycles. The number of hydrogen-bond acceptors (Lipinski definition) is 4. The van der Waals surface area contributed by atoms with Crippen LogP contribution in [0.15, 0.2) is 59.8 Å². The fraction of sp³-hybridized carbons (Fsp3) is 0.158. The van der Waals surface area contributed by atoms with E-state index in [9.17, 15) is 27.2 Å².